The van der Waals surface area contributed by atoms with Crippen molar-refractivity contribution in [3.63, 3.8) is 0 Å². The van der Waals surface area contributed by atoms with Gasteiger partial charge >= 0.3 is 0 Å². The molecule has 0 amide bonds. The lowest BCUT2D eigenvalue weighted by atomic mass is 9.97. The molecule has 3 N–H and O–H groups in total. The van der Waals surface area contributed by atoms with Gasteiger partial charge in [-0.3, -0.25) is 5.10 Å². The molecule has 0 bridgehead atoms. The van der Waals surface area contributed by atoms with Crippen LogP contribution in [0.25, 0.3) is 11.1 Å². The highest BCUT2D eigenvalue weighted by molar-refractivity contribution is 5.79. The van der Waals surface area contributed by atoms with E-state index in [0.29, 0.717) is 11.6 Å². The summed E-state index contributed by atoms with van der Waals surface area (Å²) in [6.07, 6.45) is 1.71. The maximum atomic E-state index is 5.86. The van der Waals surface area contributed by atoms with Crippen molar-refractivity contribution in [1.82, 2.24) is 10.2 Å². The molecule has 5 heteroatoms. The first-order valence-electron chi connectivity index (χ1n) is 5.61. The second-order valence-electron chi connectivity index (χ2n) is 4.11. The fourth-order valence-corrected chi connectivity index (χ4v) is 2.06. The fourth-order valence-electron chi connectivity index (χ4n) is 2.06. The monoisotopic (exact) mass is 247 g/mol. The van der Waals surface area contributed by atoms with Gasteiger partial charge in [0.25, 0.3) is 0 Å². The van der Waals surface area contributed by atoms with E-state index < -0.39 is 0 Å². The summed E-state index contributed by atoms with van der Waals surface area (Å²) < 4.78 is 10.7. The van der Waals surface area contributed by atoms with Crippen LogP contribution in [0.5, 0.6) is 11.5 Å². The predicted molar refractivity (Wildman–Crippen MR) is 71.0 cm³/mol. The third-order valence-corrected chi connectivity index (χ3v) is 3.19. The molecule has 0 saturated heterocycles. The highest BCUT2D eigenvalue weighted by Gasteiger charge is 2.16. The summed E-state index contributed by atoms with van der Waals surface area (Å²) in [5, 5.41) is 6.68. The molecular weight excluding hydrogens is 230 g/mol. The Labute approximate surface area is 106 Å². The third-order valence-electron chi connectivity index (χ3n) is 3.19. The van der Waals surface area contributed by atoms with Crippen molar-refractivity contribution < 1.29 is 9.47 Å². The van der Waals surface area contributed by atoms with Crippen LogP contribution in [-0.4, -0.2) is 24.4 Å². The van der Waals surface area contributed by atoms with Gasteiger partial charge in [0.05, 0.1) is 20.4 Å². The Balaban J connectivity index is 2.70. The van der Waals surface area contributed by atoms with Gasteiger partial charge in [-0.05, 0) is 36.6 Å². The van der Waals surface area contributed by atoms with E-state index in [1.54, 1.807) is 20.4 Å². The van der Waals surface area contributed by atoms with E-state index in [1.807, 2.05) is 19.9 Å². The minimum atomic E-state index is 0.546. The van der Waals surface area contributed by atoms with Gasteiger partial charge < -0.3 is 15.2 Å². The van der Waals surface area contributed by atoms with Crippen molar-refractivity contribution in [2.24, 2.45) is 0 Å². The van der Waals surface area contributed by atoms with Crippen LogP contribution in [0.1, 0.15) is 11.1 Å². The molecule has 0 aliphatic heterocycles. The van der Waals surface area contributed by atoms with Crippen LogP contribution in [0.4, 0.5) is 5.82 Å². The van der Waals surface area contributed by atoms with Crippen molar-refractivity contribution >= 4 is 5.82 Å². The summed E-state index contributed by atoms with van der Waals surface area (Å²) >= 11 is 0. The van der Waals surface area contributed by atoms with Gasteiger partial charge in [-0.1, -0.05) is 0 Å². The van der Waals surface area contributed by atoms with Crippen molar-refractivity contribution in [3.05, 3.63) is 23.4 Å². The van der Waals surface area contributed by atoms with Gasteiger partial charge in [0, 0.05) is 5.56 Å². The van der Waals surface area contributed by atoms with Gasteiger partial charge in [0.2, 0.25) is 0 Å². The smallest absolute Gasteiger partial charge is 0.163 e. The number of nitrogens with one attached hydrogen (secondary N) is 1. The van der Waals surface area contributed by atoms with Crippen LogP contribution in [-0.2, 0) is 0 Å². The van der Waals surface area contributed by atoms with Gasteiger partial charge in [-0.15, -0.1) is 0 Å². The summed E-state index contributed by atoms with van der Waals surface area (Å²) in [6.45, 7) is 4.02. The number of nitrogens with zero attached hydrogens (tertiary/aromatic N) is 1. The summed E-state index contributed by atoms with van der Waals surface area (Å²) in [6, 6.07) is 1.92. The van der Waals surface area contributed by atoms with E-state index in [0.717, 1.165) is 28.0 Å². The number of nitrogen functional groups attached to an aromatic ring is 1. The number of ether oxygens (including phenoxy) is 2. The number of methoxy groups -OCH3 is 2. The summed E-state index contributed by atoms with van der Waals surface area (Å²) in [4.78, 5) is 0. The molecule has 1 heterocycles. The molecule has 0 spiro atoms. The van der Waals surface area contributed by atoms with Gasteiger partial charge in [0.15, 0.2) is 11.5 Å². The first-order chi connectivity index (χ1) is 8.60. The van der Waals surface area contributed by atoms with Crippen LogP contribution in [0.2, 0.25) is 0 Å². The zero-order valence-electron chi connectivity index (χ0n) is 11.0. The standard InChI is InChI=1S/C13H17N3O2/c1-7-8(2)12(18-4)11(17-3)5-9(7)10-6-15-16-13(10)14/h5-6H,1-4H3,(H3,14,15,16). The Kier molecular flexibility index (Phi) is 3.14. The number of H-pyrrole nitrogens is 1. The molecule has 2 aromatic rings. The lowest BCUT2D eigenvalue weighted by Gasteiger charge is -2.16. The van der Waals surface area contributed by atoms with Crippen LogP contribution in [0.15, 0.2) is 12.3 Å². The zero-order chi connectivity index (χ0) is 13.3. The van der Waals surface area contributed by atoms with E-state index in [1.165, 1.54) is 0 Å². The molecule has 2 rings (SSSR count). The average molecular weight is 247 g/mol. The number of rotatable bonds is 3. The number of nitrogens with two attached hydrogens (primary N) is 1. The quantitative estimate of drug-likeness (QED) is 0.872. The first-order valence-corrected chi connectivity index (χ1v) is 5.61. The lowest BCUT2D eigenvalue weighted by molar-refractivity contribution is 0.353. The largest absolute Gasteiger partial charge is 0.493 e. The number of aromatic amines is 1. The average Bonchev–Trinajstić information content (AvgIpc) is 2.78. The summed E-state index contributed by atoms with van der Waals surface area (Å²) in [5.41, 5.74) is 9.86. The van der Waals surface area contributed by atoms with E-state index in [2.05, 4.69) is 10.2 Å². The molecule has 96 valence electrons. The van der Waals surface area contributed by atoms with Gasteiger partial charge in [-0.25, -0.2) is 0 Å². The van der Waals surface area contributed by atoms with Gasteiger partial charge in [-0.2, -0.15) is 5.10 Å². The summed E-state index contributed by atoms with van der Waals surface area (Å²) in [5.74, 6) is 1.99. The van der Waals surface area contributed by atoms with Crippen molar-refractivity contribution in [1.29, 1.82) is 0 Å². The van der Waals surface area contributed by atoms with Crippen molar-refractivity contribution in [3.8, 4) is 22.6 Å². The Morgan fingerprint density at radius 1 is 1.11 bits per heavy atom. The molecule has 0 atom stereocenters. The van der Waals surface area contributed by atoms with Crippen LogP contribution in [0, 0.1) is 13.8 Å². The van der Waals surface area contributed by atoms with E-state index in [-0.39, 0.29) is 0 Å². The molecular formula is C13H17N3O2. The fraction of sp³-hybridized carbons (Fsp3) is 0.308. The Morgan fingerprint density at radius 2 is 1.83 bits per heavy atom. The lowest BCUT2D eigenvalue weighted by Crippen LogP contribution is -1.98. The molecule has 1 aromatic heterocycles. The molecule has 0 aliphatic rings. The minimum absolute atomic E-state index is 0.546. The SMILES string of the molecule is COc1cc(-c2cn[nH]c2N)c(C)c(C)c1OC. The van der Waals surface area contributed by atoms with E-state index in [4.69, 9.17) is 15.2 Å². The van der Waals surface area contributed by atoms with E-state index in [9.17, 15) is 0 Å². The number of hydrogen-bond acceptors (Lipinski definition) is 4. The molecule has 0 unspecified atom stereocenters. The van der Waals surface area contributed by atoms with Gasteiger partial charge in [0.1, 0.15) is 5.82 Å². The number of hydrogen-bond donors (Lipinski definition) is 2. The molecule has 0 radical (unpaired) electrons. The zero-order valence-corrected chi connectivity index (χ0v) is 11.0. The Bertz CT molecular complexity index is 576. The van der Waals surface area contributed by atoms with Crippen molar-refractivity contribution in [2.45, 2.75) is 13.8 Å². The highest BCUT2D eigenvalue weighted by Crippen LogP contribution is 2.40. The maximum absolute atomic E-state index is 5.86. The van der Waals surface area contributed by atoms with Crippen LogP contribution in [0.3, 0.4) is 0 Å². The maximum Gasteiger partial charge on any atom is 0.163 e. The second-order valence-corrected chi connectivity index (χ2v) is 4.11. The molecule has 0 fully saturated rings. The van der Waals surface area contributed by atoms with Crippen LogP contribution >= 0.6 is 0 Å². The Hall–Kier alpha value is -2.17. The van der Waals surface area contributed by atoms with Crippen molar-refractivity contribution in [2.75, 3.05) is 20.0 Å². The number of anilines is 1. The topological polar surface area (TPSA) is 73.2 Å². The second kappa shape index (κ2) is 4.60. The predicted octanol–water partition coefficient (Wildman–Crippen LogP) is 2.29. The number of aromatic nitrogens is 2. The molecule has 5 nitrogen and oxygen atoms in total. The normalized spacial score (nSPS) is 10.4. The highest BCUT2D eigenvalue weighted by atomic mass is 16.5. The molecule has 0 aliphatic carbocycles. The minimum Gasteiger partial charge on any atom is -0.493 e. The van der Waals surface area contributed by atoms with Crippen LogP contribution < -0.4 is 15.2 Å². The third kappa shape index (κ3) is 1.77. The van der Waals surface area contributed by atoms with E-state index >= 15 is 0 Å². The number of benzene rings is 1. The molecule has 18 heavy (non-hydrogen) atoms. The first kappa shape index (κ1) is 12.3. The molecule has 1 aromatic carbocycles. The summed E-state index contributed by atoms with van der Waals surface area (Å²) in [7, 11) is 3.26. The Morgan fingerprint density at radius 3 is 2.33 bits per heavy atom. The molecule has 0 saturated carbocycles.